The van der Waals surface area contributed by atoms with Crippen molar-refractivity contribution in [3.63, 3.8) is 0 Å². The van der Waals surface area contributed by atoms with Crippen molar-refractivity contribution in [1.29, 1.82) is 0 Å². The number of rotatable bonds is 2. The molecule has 63 valence electrons. The minimum Gasteiger partial charge on any atom is -0.297 e. The van der Waals surface area contributed by atoms with E-state index in [0.717, 1.165) is 11.1 Å². The lowest BCUT2D eigenvalue weighted by Crippen LogP contribution is -1.98. The molecule has 0 aliphatic rings. The predicted octanol–water partition coefficient (Wildman–Crippen LogP) is 2.41. The third-order valence-electron chi connectivity index (χ3n) is 1.71. The van der Waals surface area contributed by atoms with Crippen molar-refractivity contribution in [2.75, 3.05) is 0 Å². The monoisotopic (exact) mass is 177 g/mol. The first-order valence-corrected chi connectivity index (χ1v) is 6.39. The minimum atomic E-state index is -1.81. The summed E-state index contributed by atoms with van der Waals surface area (Å²) >= 11 is 0. The van der Waals surface area contributed by atoms with Gasteiger partial charge in [-0.15, -0.1) is 0 Å². The second-order valence-electron chi connectivity index (χ2n) is 2.92. The molecule has 0 aliphatic heterocycles. The molecule has 1 aromatic rings. The van der Waals surface area contributed by atoms with Crippen molar-refractivity contribution < 1.29 is 4.80 Å². The van der Waals surface area contributed by atoms with E-state index in [1.807, 2.05) is 43.0 Å². The standard InChI is InChI=1S/C10H13OSi/c1-9(8-12(2)11)10-6-4-3-5-7-10/h3-8,12H,1-2H3/b9-8+. The molecule has 0 saturated heterocycles. The van der Waals surface area contributed by atoms with Crippen LogP contribution in [0, 0.1) is 0 Å². The van der Waals surface area contributed by atoms with Crippen molar-refractivity contribution in [3.05, 3.63) is 41.6 Å². The fourth-order valence-electron chi connectivity index (χ4n) is 1.15. The fourth-order valence-corrected chi connectivity index (χ4v) is 2.05. The van der Waals surface area contributed by atoms with Crippen molar-refractivity contribution in [2.24, 2.45) is 0 Å². The first-order chi connectivity index (χ1) is 5.70. The van der Waals surface area contributed by atoms with Gasteiger partial charge in [0, 0.05) is 0 Å². The fraction of sp³-hybridized carbons (Fsp3) is 0.200. The molecule has 1 unspecified atom stereocenters. The molecule has 1 nitrogen and oxygen atoms in total. The van der Waals surface area contributed by atoms with E-state index in [0.29, 0.717) is 0 Å². The maximum atomic E-state index is 11.0. The molecule has 12 heavy (non-hydrogen) atoms. The van der Waals surface area contributed by atoms with Crippen molar-refractivity contribution >= 4 is 14.6 Å². The molecule has 1 atom stereocenters. The average Bonchev–Trinajstić information content (AvgIpc) is 2.05. The van der Waals surface area contributed by atoms with Gasteiger partial charge < -0.3 is 0 Å². The lowest BCUT2D eigenvalue weighted by atomic mass is 10.1. The molecule has 1 rings (SSSR count). The molecule has 2 heteroatoms. The molecule has 0 heterocycles. The SMILES string of the molecule is C/C(=C\[SiH](C)[O])c1ccccc1. The van der Waals surface area contributed by atoms with Gasteiger partial charge in [0.25, 0.3) is 0 Å². The van der Waals surface area contributed by atoms with Crippen LogP contribution in [0.25, 0.3) is 5.57 Å². The van der Waals surface area contributed by atoms with Gasteiger partial charge in [-0.05, 0) is 24.6 Å². The zero-order chi connectivity index (χ0) is 8.97. The Labute approximate surface area is 75.1 Å². The summed E-state index contributed by atoms with van der Waals surface area (Å²) in [5, 5.41) is 0. The molecular weight excluding hydrogens is 164 g/mol. The highest BCUT2D eigenvalue weighted by Crippen LogP contribution is 2.12. The zero-order valence-electron chi connectivity index (χ0n) is 7.45. The van der Waals surface area contributed by atoms with E-state index >= 15 is 0 Å². The maximum Gasteiger partial charge on any atom is 0.243 e. The molecule has 0 amide bonds. The van der Waals surface area contributed by atoms with E-state index < -0.39 is 9.04 Å². The van der Waals surface area contributed by atoms with Crippen LogP contribution in [-0.4, -0.2) is 9.04 Å². The number of benzene rings is 1. The molecule has 0 fully saturated rings. The summed E-state index contributed by atoms with van der Waals surface area (Å²) in [6, 6.07) is 10.0. The van der Waals surface area contributed by atoms with Crippen LogP contribution in [-0.2, 0) is 4.80 Å². The summed E-state index contributed by atoms with van der Waals surface area (Å²) in [4.78, 5) is 11.0. The first-order valence-electron chi connectivity index (χ1n) is 4.10. The Morgan fingerprint density at radius 2 is 1.92 bits per heavy atom. The molecule has 0 bridgehead atoms. The molecule has 0 aliphatic carbocycles. The van der Waals surface area contributed by atoms with Crippen molar-refractivity contribution in [1.82, 2.24) is 0 Å². The Morgan fingerprint density at radius 3 is 2.42 bits per heavy atom. The van der Waals surface area contributed by atoms with Gasteiger partial charge in [-0.3, -0.25) is 4.80 Å². The van der Waals surface area contributed by atoms with Gasteiger partial charge in [-0.1, -0.05) is 36.0 Å². The van der Waals surface area contributed by atoms with E-state index in [-0.39, 0.29) is 0 Å². The zero-order valence-corrected chi connectivity index (χ0v) is 8.60. The van der Waals surface area contributed by atoms with Gasteiger partial charge in [0.15, 0.2) is 0 Å². The van der Waals surface area contributed by atoms with Gasteiger partial charge in [0.1, 0.15) is 0 Å². The van der Waals surface area contributed by atoms with Crippen LogP contribution in [0.15, 0.2) is 36.0 Å². The lowest BCUT2D eigenvalue weighted by molar-refractivity contribution is 0.464. The lowest BCUT2D eigenvalue weighted by Gasteiger charge is -2.00. The van der Waals surface area contributed by atoms with Crippen molar-refractivity contribution in [3.8, 4) is 0 Å². The minimum absolute atomic E-state index is 1.12. The summed E-state index contributed by atoms with van der Waals surface area (Å²) < 4.78 is 0. The molecule has 0 saturated carbocycles. The van der Waals surface area contributed by atoms with Gasteiger partial charge >= 0.3 is 0 Å². The highest BCUT2D eigenvalue weighted by Gasteiger charge is 1.98. The van der Waals surface area contributed by atoms with Gasteiger partial charge in [-0.2, -0.15) is 0 Å². The van der Waals surface area contributed by atoms with E-state index in [2.05, 4.69) is 0 Å². The normalized spacial score (nSPS) is 14.4. The van der Waals surface area contributed by atoms with Crippen LogP contribution < -0.4 is 0 Å². The van der Waals surface area contributed by atoms with Crippen LogP contribution in [0.2, 0.25) is 6.55 Å². The van der Waals surface area contributed by atoms with Crippen LogP contribution in [0.4, 0.5) is 0 Å². The highest BCUT2D eigenvalue weighted by atomic mass is 28.3. The van der Waals surface area contributed by atoms with Gasteiger partial charge in [0.2, 0.25) is 9.04 Å². The van der Waals surface area contributed by atoms with Crippen LogP contribution in [0.3, 0.4) is 0 Å². The smallest absolute Gasteiger partial charge is 0.243 e. The molecule has 0 aromatic heterocycles. The summed E-state index contributed by atoms with van der Waals surface area (Å²) in [6.45, 7) is 3.78. The predicted molar refractivity (Wildman–Crippen MR) is 53.8 cm³/mol. The Hall–Kier alpha value is -0.863. The summed E-state index contributed by atoms with van der Waals surface area (Å²) in [6.07, 6.45) is 0. The van der Waals surface area contributed by atoms with Crippen LogP contribution in [0.1, 0.15) is 12.5 Å². The van der Waals surface area contributed by atoms with Crippen LogP contribution in [0.5, 0.6) is 0 Å². The van der Waals surface area contributed by atoms with E-state index in [4.69, 9.17) is 0 Å². The topological polar surface area (TPSA) is 19.9 Å². The Morgan fingerprint density at radius 1 is 1.33 bits per heavy atom. The Balaban J connectivity index is 2.85. The molecule has 0 spiro atoms. The number of hydrogen-bond donors (Lipinski definition) is 0. The second-order valence-corrected chi connectivity index (χ2v) is 4.66. The third-order valence-corrected chi connectivity index (χ3v) is 2.68. The first kappa shape index (κ1) is 9.23. The largest absolute Gasteiger partial charge is 0.297 e. The van der Waals surface area contributed by atoms with E-state index in [1.165, 1.54) is 0 Å². The second kappa shape index (κ2) is 4.23. The number of allylic oxidation sites excluding steroid dienone is 1. The van der Waals surface area contributed by atoms with Gasteiger partial charge in [-0.25, -0.2) is 0 Å². The van der Waals surface area contributed by atoms with Crippen molar-refractivity contribution in [2.45, 2.75) is 13.5 Å². The molecular formula is C10H13OSi. The van der Waals surface area contributed by atoms with E-state index in [9.17, 15) is 4.80 Å². The molecule has 1 aromatic carbocycles. The van der Waals surface area contributed by atoms with E-state index in [1.54, 1.807) is 6.55 Å². The quantitative estimate of drug-likeness (QED) is 0.618. The van der Waals surface area contributed by atoms with Crippen LogP contribution >= 0.6 is 0 Å². The van der Waals surface area contributed by atoms with Gasteiger partial charge in [0.05, 0.1) is 0 Å². The summed E-state index contributed by atoms with van der Waals surface area (Å²) in [5.41, 5.74) is 4.15. The third kappa shape index (κ3) is 2.64. The maximum absolute atomic E-state index is 11.0. The molecule has 0 N–H and O–H groups in total. The average molecular weight is 177 g/mol. The Bertz CT molecular complexity index is 264. The summed E-state index contributed by atoms with van der Waals surface area (Å²) in [7, 11) is -1.81. The Kier molecular flexibility index (Phi) is 3.26. The summed E-state index contributed by atoms with van der Waals surface area (Å²) in [5.74, 6) is 0. The highest BCUT2D eigenvalue weighted by molar-refractivity contribution is 6.55. The number of hydrogen-bond acceptors (Lipinski definition) is 0. The molecule has 1 radical (unpaired) electrons.